The van der Waals surface area contributed by atoms with Crippen molar-refractivity contribution in [2.75, 3.05) is 0 Å². The molecule has 0 aliphatic heterocycles. The molecule has 0 N–H and O–H groups in total. The lowest BCUT2D eigenvalue weighted by molar-refractivity contribution is 1.04. The second-order valence-corrected chi connectivity index (χ2v) is 4.37. The first-order chi connectivity index (χ1) is 7.25. The van der Waals surface area contributed by atoms with Crippen molar-refractivity contribution in [1.82, 2.24) is 4.98 Å². The predicted octanol–water partition coefficient (Wildman–Crippen LogP) is 3.74. The highest BCUT2D eigenvalue weighted by molar-refractivity contribution is 9.10. The van der Waals surface area contributed by atoms with Crippen molar-refractivity contribution < 1.29 is 0 Å². The molecule has 15 heavy (non-hydrogen) atoms. The van der Waals surface area contributed by atoms with E-state index in [1.165, 1.54) is 11.1 Å². The number of halogens is 1. The van der Waals surface area contributed by atoms with Crippen LogP contribution in [-0.2, 0) is 6.42 Å². The number of rotatable bonds is 2. The largest absolute Gasteiger partial charge is 0.246 e. The van der Waals surface area contributed by atoms with Crippen LogP contribution in [0.3, 0.4) is 0 Å². The topological polar surface area (TPSA) is 12.9 Å². The summed E-state index contributed by atoms with van der Waals surface area (Å²) in [4.78, 5) is 4.43. The van der Waals surface area contributed by atoms with Crippen LogP contribution in [0, 0.1) is 6.92 Å². The zero-order valence-corrected chi connectivity index (χ0v) is 10.2. The Morgan fingerprint density at radius 1 is 1.07 bits per heavy atom. The minimum atomic E-state index is 0.895. The first-order valence-electron chi connectivity index (χ1n) is 4.91. The van der Waals surface area contributed by atoms with Gasteiger partial charge in [-0.25, -0.2) is 4.98 Å². The molecule has 0 saturated carbocycles. The van der Waals surface area contributed by atoms with E-state index in [1.54, 1.807) is 0 Å². The fourth-order valence-electron chi connectivity index (χ4n) is 1.55. The lowest BCUT2D eigenvalue weighted by Crippen LogP contribution is -1.94. The number of benzene rings is 1. The van der Waals surface area contributed by atoms with Crippen molar-refractivity contribution in [3.05, 3.63) is 63.9 Å². The number of hydrogen-bond acceptors (Lipinski definition) is 1. The molecule has 2 aromatic rings. The molecule has 1 nitrogen and oxygen atoms in total. The Morgan fingerprint density at radius 2 is 1.87 bits per heavy atom. The molecule has 0 atom stereocenters. The summed E-state index contributed by atoms with van der Waals surface area (Å²) in [5, 5.41) is 0. The molecule has 0 aliphatic rings. The van der Waals surface area contributed by atoms with E-state index < -0.39 is 0 Å². The zero-order chi connectivity index (χ0) is 10.7. The SMILES string of the molecule is Cc1ccccc1Cc1cccc(Br)n1. The van der Waals surface area contributed by atoms with Crippen LogP contribution < -0.4 is 0 Å². The summed E-state index contributed by atoms with van der Waals surface area (Å²) in [6.45, 7) is 2.13. The molecular formula is C13H12BrN. The van der Waals surface area contributed by atoms with Gasteiger partial charge in [0.15, 0.2) is 0 Å². The van der Waals surface area contributed by atoms with Gasteiger partial charge in [0.1, 0.15) is 4.60 Å². The summed E-state index contributed by atoms with van der Waals surface area (Å²) < 4.78 is 0.897. The van der Waals surface area contributed by atoms with E-state index in [9.17, 15) is 0 Å². The summed E-state index contributed by atoms with van der Waals surface area (Å²) in [6.07, 6.45) is 0.895. The minimum Gasteiger partial charge on any atom is -0.246 e. The highest BCUT2D eigenvalue weighted by atomic mass is 79.9. The first-order valence-corrected chi connectivity index (χ1v) is 5.71. The van der Waals surface area contributed by atoms with Crippen LogP contribution in [0.2, 0.25) is 0 Å². The highest BCUT2D eigenvalue weighted by Gasteiger charge is 2.00. The molecule has 2 heteroatoms. The summed E-state index contributed by atoms with van der Waals surface area (Å²) in [6, 6.07) is 14.4. The van der Waals surface area contributed by atoms with Crippen molar-refractivity contribution in [2.24, 2.45) is 0 Å². The smallest absolute Gasteiger partial charge is 0.106 e. The van der Waals surface area contributed by atoms with Crippen LogP contribution in [0.25, 0.3) is 0 Å². The van der Waals surface area contributed by atoms with Crippen molar-refractivity contribution in [1.29, 1.82) is 0 Å². The third-order valence-electron chi connectivity index (χ3n) is 2.41. The van der Waals surface area contributed by atoms with Gasteiger partial charge in [-0.05, 0) is 46.1 Å². The van der Waals surface area contributed by atoms with E-state index in [0.29, 0.717) is 0 Å². The summed E-state index contributed by atoms with van der Waals surface area (Å²) >= 11 is 3.38. The van der Waals surface area contributed by atoms with Crippen LogP contribution in [0.5, 0.6) is 0 Å². The summed E-state index contributed by atoms with van der Waals surface area (Å²) in [5.41, 5.74) is 3.75. The Morgan fingerprint density at radius 3 is 2.60 bits per heavy atom. The molecule has 0 bridgehead atoms. The van der Waals surface area contributed by atoms with Crippen LogP contribution in [0.15, 0.2) is 47.1 Å². The second-order valence-electron chi connectivity index (χ2n) is 3.55. The normalized spacial score (nSPS) is 10.3. The molecule has 1 heterocycles. The molecule has 0 aliphatic carbocycles. The number of hydrogen-bond donors (Lipinski definition) is 0. The molecule has 0 spiro atoms. The standard InChI is InChI=1S/C13H12BrN/c1-10-5-2-3-6-11(10)9-12-7-4-8-13(14)15-12/h2-8H,9H2,1H3. The van der Waals surface area contributed by atoms with E-state index in [4.69, 9.17) is 0 Å². The lowest BCUT2D eigenvalue weighted by atomic mass is 10.0. The van der Waals surface area contributed by atoms with Gasteiger partial charge in [0.2, 0.25) is 0 Å². The number of nitrogens with zero attached hydrogens (tertiary/aromatic N) is 1. The highest BCUT2D eigenvalue weighted by Crippen LogP contribution is 2.13. The van der Waals surface area contributed by atoms with E-state index >= 15 is 0 Å². The molecule has 0 amide bonds. The average Bonchev–Trinajstić information content (AvgIpc) is 2.22. The van der Waals surface area contributed by atoms with Crippen molar-refractivity contribution in [2.45, 2.75) is 13.3 Å². The van der Waals surface area contributed by atoms with Gasteiger partial charge in [0.05, 0.1) is 0 Å². The zero-order valence-electron chi connectivity index (χ0n) is 8.57. The van der Waals surface area contributed by atoms with E-state index in [2.05, 4.69) is 58.2 Å². The van der Waals surface area contributed by atoms with Gasteiger partial charge in [0, 0.05) is 12.1 Å². The van der Waals surface area contributed by atoms with Crippen molar-refractivity contribution in [3.8, 4) is 0 Å². The van der Waals surface area contributed by atoms with Crippen molar-refractivity contribution >= 4 is 15.9 Å². The lowest BCUT2D eigenvalue weighted by Gasteiger charge is -2.04. The predicted molar refractivity (Wildman–Crippen MR) is 65.9 cm³/mol. The van der Waals surface area contributed by atoms with E-state index in [1.807, 2.05) is 12.1 Å². The van der Waals surface area contributed by atoms with Gasteiger partial charge in [-0.2, -0.15) is 0 Å². The maximum absolute atomic E-state index is 4.43. The maximum atomic E-state index is 4.43. The molecule has 0 unspecified atom stereocenters. The third kappa shape index (κ3) is 2.66. The van der Waals surface area contributed by atoms with Crippen molar-refractivity contribution in [3.63, 3.8) is 0 Å². The molecule has 0 radical (unpaired) electrons. The molecule has 1 aromatic carbocycles. The van der Waals surface area contributed by atoms with Gasteiger partial charge < -0.3 is 0 Å². The number of aryl methyl sites for hydroxylation is 1. The van der Waals surface area contributed by atoms with Gasteiger partial charge in [-0.1, -0.05) is 30.3 Å². The van der Waals surface area contributed by atoms with Crippen LogP contribution in [0.4, 0.5) is 0 Å². The molecular weight excluding hydrogens is 250 g/mol. The Hall–Kier alpha value is -1.15. The Labute approximate surface area is 98.3 Å². The van der Waals surface area contributed by atoms with Gasteiger partial charge in [0.25, 0.3) is 0 Å². The van der Waals surface area contributed by atoms with Gasteiger partial charge in [-0.15, -0.1) is 0 Å². The first kappa shape index (κ1) is 10.4. The molecule has 0 saturated heterocycles. The van der Waals surface area contributed by atoms with Gasteiger partial charge in [-0.3, -0.25) is 0 Å². The Bertz CT molecular complexity index is 466. The monoisotopic (exact) mass is 261 g/mol. The van der Waals surface area contributed by atoms with E-state index in [-0.39, 0.29) is 0 Å². The number of pyridine rings is 1. The van der Waals surface area contributed by atoms with E-state index in [0.717, 1.165) is 16.7 Å². The fraction of sp³-hybridized carbons (Fsp3) is 0.154. The summed E-state index contributed by atoms with van der Waals surface area (Å²) in [5.74, 6) is 0. The molecule has 76 valence electrons. The average molecular weight is 262 g/mol. The Kier molecular flexibility index (Phi) is 3.17. The quantitative estimate of drug-likeness (QED) is 0.751. The Balaban J connectivity index is 2.26. The van der Waals surface area contributed by atoms with Gasteiger partial charge >= 0.3 is 0 Å². The number of aromatic nitrogens is 1. The minimum absolute atomic E-state index is 0.895. The van der Waals surface area contributed by atoms with Crippen LogP contribution in [-0.4, -0.2) is 4.98 Å². The second kappa shape index (κ2) is 4.58. The maximum Gasteiger partial charge on any atom is 0.106 e. The van der Waals surface area contributed by atoms with Crippen LogP contribution in [0.1, 0.15) is 16.8 Å². The fourth-order valence-corrected chi connectivity index (χ4v) is 1.93. The molecule has 1 aromatic heterocycles. The molecule has 0 fully saturated rings. The third-order valence-corrected chi connectivity index (χ3v) is 2.85. The summed E-state index contributed by atoms with van der Waals surface area (Å²) in [7, 11) is 0. The van der Waals surface area contributed by atoms with Crippen LogP contribution >= 0.6 is 15.9 Å². The molecule has 2 rings (SSSR count).